The molecule has 0 heterocycles. The summed E-state index contributed by atoms with van der Waals surface area (Å²) in [6.45, 7) is 0. The highest BCUT2D eigenvalue weighted by Crippen LogP contribution is 2.34. The van der Waals surface area contributed by atoms with Crippen molar-refractivity contribution in [3.8, 4) is 0 Å². The molecule has 84 valence electrons. The lowest BCUT2D eigenvalue weighted by atomic mass is 9.80. The van der Waals surface area contributed by atoms with E-state index in [-0.39, 0.29) is 6.04 Å². The average Bonchev–Trinajstić information content (AvgIpc) is 2.33. The molecule has 0 saturated heterocycles. The first kappa shape index (κ1) is 11.0. The second-order valence-corrected chi connectivity index (χ2v) is 4.26. The summed E-state index contributed by atoms with van der Waals surface area (Å²) < 4.78 is 0. The van der Waals surface area contributed by atoms with Gasteiger partial charge < -0.3 is 5.11 Å². The van der Waals surface area contributed by atoms with Crippen LogP contribution in [-0.2, 0) is 0 Å². The normalized spacial score (nSPS) is 29.4. The number of azide groups is 1. The largest absolute Gasteiger partial charge is 0.393 e. The standard InChI is InChI=1S/C12H15N3O/c13-15-14-11-8-10(6-7-12(11)16)9-4-2-1-3-5-9/h1-5,10-12,16H,6-8H2. The van der Waals surface area contributed by atoms with Crippen LogP contribution in [0.25, 0.3) is 10.4 Å². The van der Waals surface area contributed by atoms with Crippen LogP contribution in [0.15, 0.2) is 35.4 Å². The Morgan fingerprint density at radius 1 is 1.25 bits per heavy atom. The molecular weight excluding hydrogens is 202 g/mol. The third kappa shape index (κ3) is 2.35. The monoisotopic (exact) mass is 217 g/mol. The molecule has 0 aliphatic heterocycles. The Labute approximate surface area is 94.5 Å². The van der Waals surface area contributed by atoms with E-state index >= 15 is 0 Å². The summed E-state index contributed by atoms with van der Waals surface area (Å²) in [6.07, 6.45) is 1.94. The minimum atomic E-state index is -0.476. The molecule has 1 aromatic rings. The van der Waals surface area contributed by atoms with E-state index in [4.69, 9.17) is 5.53 Å². The van der Waals surface area contributed by atoms with Crippen molar-refractivity contribution in [2.45, 2.75) is 37.3 Å². The molecule has 1 aliphatic carbocycles. The molecule has 4 heteroatoms. The fourth-order valence-electron chi connectivity index (χ4n) is 2.35. The second-order valence-electron chi connectivity index (χ2n) is 4.26. The highest BCUT2D eigenvalue weighted by atomic mass is 16.3. The van der Waals surface area contributed by atoms with Crippen LogP contribution in [0, 0.1) is 0 Å². The summed E-state index contributed by atoms with van der Waals surface area (Å²) in [4.78, 5) is 2.80. The first-order chi connectivity index (χ1) is 7.81. The maximum absolute atomic E-state index is 9.70. The SMILES string of the molecule is [N-]=[N+]=NC1CC(c2ccccc2)CCC1O. The molecule has 4 nitrogen and oxygen atoms in total. The van der Waals surface area contributed by atoms with Gasteiger partial charge in [-0.05, 0) is 36.3 Å². The van der Waals surface area contributed by atoms with E-state index < -0.39 is 6.10 Å². The van der Waals surface area contributed by atoms with Crippen molar-refractivity contribution in [3.05, 3.63) is 46.3 Å². The number of hydrogen-bond acceptors (Lipinski definition) is 2. The number of benzene rings is 1. The van der Waals surface area contributed by atoms with Crippen LogP contribution in [0.1, 0.15) is 30.7 Å². The van der Waals surface area contributed by atoms with Gasteiger partial charge in [0.15, 0.2) is 0 Å². The maximum atomic E-state index is 9.70. The van der Waals surface area contributed by atoms with Gasteiger partial charge in [0.2, 0.25) is 0 Å². The zero-order chi connectivity index (χ0) is 11.4. The van der Waals surface area contributed by atoms with Crippen molar-refractivity contribution in [1.29, 1.82) is 0 Å². The summed E-state index contributed by atoms with van der Waals surface area (Å²) in [7, 11) is 0. The lowest BCUT2D eigenvalue weighted by Crippen LogP contribution is -2.31. The molecule has 0 spiro atoms. The van der Waals surface area contributed by atoms with Gasteiger partial charge in [0.1, 0.15) is 0 Å². The van der Waals surface area contributed by atoms with E-state index in [1.54, 1.807) is 0 Å². The van der Waals surface area contributed by atoms with Crippen molar-refractivity contribution in [1.82, 2.24) is 0 Å². The zero-order valence-electron chi connectivity index (χ0n) is 9.03. The molecule has 0 radical (unpaired) electrons. The van der Waals surface area contributed by atoms with E-state index in [9.17, 15) is 5.11 Å². The number of aliphatic hydroxyl groups excluding tert-OH is 1. The summed E-state index contributed by atoms with van der Waals surface area (Å²) in [5.41, 5.74) is 9.71. The van der Waals surface area contributed by atoms with Crippen molar-refractivity contribution in [3.63, 3.8) is 0 Å². The molecule has 3 unspecified atom stereocenters. The predicted octanol–water partition coefficient (Wildman–Crippen LogP) is 2.99. The van der Waals surface area contributed by atoms with Gasteiger partial charge in [-0.15, -0.1) is 0 Å². The van der Waals surface area contributed by atoms with Gasteiger partial charge in [-0.3, -0.25) is 0 Å². The Morgan fingerprint density at radius 2 is 2.00 bits per heavy atom. The van der Waals surface area contributed by atoms with E-state index in [1.165, 1.54) is 5.56 Å². The molecule has 1 saturated carbocycles. The van der Waals surface area contributed by atoms with E-state index in [1.807, 2.05) is 18.2 Å². The second kappa shape index (κ2) is 5.01. The molecule has 3 atom stereocenters. The summed E-state index contributed by atoms with van der Waals surface area (Å²) in [5.74, 6) is 0.403. The lowest BCUT2D eigenvalue weighted by Gasteiger charge is -2.30. The van der Waals surface area contributed by atoms with E-state index in [0.717, 1.165) is 12.8 Å². The first-order valence-electron chi connectivity index (χ1n) is 5.58. The maximum Gasteiger partial charge on any atom is 0.0639 e. The molecule has 0 amide bonds. The Morgan fingerprint density at radius 3 is 2.69 bits per heavy atom. The van der Waals surface area contributed by atoms with Crippen LogP contribution in [0.5, 0.6) is 0 Å². The van der Waals surface area contributed by atoms with Gasteiger partial charge in [-0.2, -0.15) is 0 Å². The lowest BCUT2D eigenvalue weighted by molar-refractivity contribution is 0.101. The van der Waals surface area contributed by atoms with Gasteiger partial charge in [0.05, 0.1) is 12.1 Å². The van der Waals surface area contributed by atoms with Gasteiger partial charge in [-0.25, -0.2) is 0 Å². The molecule has 16 heavy (non-hydrogen) atoms. The van der Waals surface area contributed by atoms with Crippen LogP contribution in [0.2, 0.25) is 0 Å². The highest BCUT2D eigenvalue weighted by Gasteiger charge is 2.28. The first-order valence-corrected chi connectivity index (χ1v) is 5.58. The summed E-state index contributed by atoms with van der Waals surface area (Å²) in [5, 5.41) is 13.4. The topological polar surface area (TPSA) is 69.0 Å². The number of rotatable bonds is 2. The summed E-state index contributed by atoms with van der Waals surface area (Å²) in [6, 6.07) is 9.94. The Bertz CT molecular complexity index is 387. The van der Waals surface area contributed by atoms with Crippen molar-refractivity contribution < 1.29 is 5.11 Å². The highest BCUT2D eigenvalue weighted by molar-refractivity contribution is 5.20. The molecule has 0 bridgehead atoms. The number of nitrogens with zero attached hydrogens (tertiary/aromatic N) is 3. The quantitative estimate of drug-likeness (QED) is 0.461. The van der Waals surface area contributed by atoms with Crippen LogP contribution in [-0.4, -0.2) is 17.3 Å². The van der Waals surface area contributed by atoms with Gasteiger partial charge in [0, 0.05) is 4.91 Å². The van der Waals surface area contributed by atoms with Crippen LogP contribution < -0.4 is 0 Å². The number of hydrogen-bond donors (Lipinski definition) is 1. The van der Waals surface area contributed by atoms with E-state index in [0.29, 0.717) is 12.3 Å². The minimum absolute atomic E-state index is 0.274. The third-order valence-corrected chi connectivity index (χ3v) is 3.25. The van der Waals surface area contributed by atoms with Gasteiger partial charge in [-0.1, -0.05) is 35.4 Å². The Hall–Kier alpha value is -1.51. The fourth-order valence-corrected chi connectivity index (χ4v) is 2.35. The average molecular weight is 217 g/mol. The molecule has 1 aromatic carbocycles. The number of aliphatic hydroxyl groups is 1. The van der Waals surface area contributed by atoms with Gasteiger partial charge >= 0.3 is 0 Å². The molecule has 1 N–H and O–H groups in total. The van der Waals surface area contributed by atoms with Crippen LogP contribution in [0.3, 0.4) is 0 Å². The molecule has 0 aromatic heterocycles. The predicted molar refractivity (Wildman–Crippen MR) is 62.0 cm³/mol. The third-order valence-electron chi connectivity index (χ3n) is 3.25. The smallest absolute Gasteiger partial charge is 0.0639 e. The minimum Gasteiger partial charge on any atom is -0.393 e. The Balaban J connectivity index is 2.11. The van der Waals surface area contributed by atoms with Crippen LogP contribution >= 0.6 is 0 Å². The Kier molecular flexibility index (Phi) is 3.44. The van der Waals surface area contributed by atoms with Gasteiger partial charge in [0.25, 0.3) is 0 Å². The fraction of sp³-hybridized carbons (Fsp3) is 0.500. The van der Waals surface area contributed by atoms with Crippen molar-refractivity contribution in [2.75, 3.05) is 0 Å². The molecular formula is C12H15N3O. The molecule has 1 aliphatic rings. The zero-order valence-corrected chi connectivity index (χ0v) is 9.03. The van der Waals surface area contributed by atoms with Crippen LogP contribution in [0.4, 0.5) is 0 Å². The summed E-state index contributed by atoms with van der Waals surface area (Å²) >= 11 is 0. The van der Waals surface area contributed by atoms with Crippen molar-refractivity contribution in [2.24, 2.45) is 5.11 Å². The van der Waals surface area contributed by atoms with E-state index in [2.05, 4.69) is 22.2 Å². The van der Waals surface area contributed by atoms with Crippen molar-refractivity contribution >= 4 is 0 Å². The molecule has 2 rings (SSSR count). The molecule has 1 fully saturated rings.